The number of rotatable bonds is 4. The second-order valence-electron chi connectivity index (χ2n) is 6.92. The third-order valence-corrected chi connectivity index (χ3v) is 5.96. The molecule has 0 unspecified atom stereocenters. The molecule has 2 saturated heterocycles. The molecule has 0 spiro atoms. The normalized spacial score (nSPS) is 23.7. The second kappa shape index (κ2) is 7.51. The Morgan fingerprint density at radius 2 is 2.19 bits per heavy atom. The van der Waals surface area contributed by atoms with Crippen LogP contribution in [0, 0.1) is 23.2 Å². The largest absolute Gasteiger partial charge is 0.376 e. The Kier molecular flexibility index (Phi) is 4.92. The smallest absolute Gasteiger partial charge is 0.253 e. The molecule has 1 aromatic carbocycles. The maximum absolute atomic E-state index is 12.8. The van der Waals surface area contributed by atoms with Crippen LogP contribution in [0.2, 0.25) is 0 Å². The predicted molar refractivity (Wildman–Crippen MR) is 100 cm³/mol. The lowest BCUT2D eigenvalue weighted by Crippen LogP contribution is -2.35. The van der Waals surface area contributed by atoms with Crippen molar-refractivity contribution >= 4 is 23.2 Å². The fraction of sp³-hybridized carbons (Fsp3) is 0.350. The monoisotopic (exact) mass is 381 g/mol. The number of benzene rings is 1. The van der Waals surface area contributed by atoms with Crippen molar-refractivity contribution in [3.05, 3.63) is 57.8 Å². The number of ether oxygens (including phenoxy) is 1. The van der Waals surface area contributed by atoms with Gasteiger partial charge in [-0.3, -0.25) is 9.59 Å². The van der Waals surface area contributed by atoms with Crippen molar-refractivity contribution in [2.75, 3.05) is 26.2 Å². The highest BCUT2D eigenvalue weighted by atomic mass is 32.1. The number of hydrogen-bond donors (Lipinski definition) is 1. The molecule has 6 nitrogen and oxygen atoms in total. The summed E-state index contributed by atoms with van der Waals surface area (Å²) in [5.74, 6) is 0.266. The molecule has 0 saturated carbocycles. The van der Waals surface area contributed by atoms with E-state index < -0.39 is 0 Å². The minimum atomic E-state index is -0.0776. The van der Waals surface area contributed by atoms with Gasteiger partial charge in [0.2, 0.25) is 0 Å². The lowest BCUT2D eigenvalue weighted by atomic mass is 9.93. The highest BCUT2D eigenvalue weighted by molar-refractivity contribution is 7.08. The second-order valence-corrected chi connectivity index (χ2v) is 7.70. The summed E-state index contributed by atoms with van der Waals surface area (Å²) in [6.45, 7) is 2.31. The van der Waals surface area contributed by atoms with Gasteiger partial charge in [0, 0.05) is 48.0 Å². The highest BCUT2D eigenvalue weighted by Gasteiger charge is 2.45. The summed E-state index contributed by atoms with van der Waals surface area (Å²) in [6, 6.07) is 10.6. The Labute approximate surface area is 161 Å². The summed E-state index contributed by atoms with van der Waals surface area (Å²) in [6.07, 6.45) is 0.0103. The Morgan fingerprint density at radius 1 is 1.30 bits per heavy atom. The van der Waals surface area contributed by atoms with E-state index in [9.17, 15) is 9.59 Å². The van der Waals surface area contributed by atoms with Crippen LogP contribution in [0.4, 0.5) is 0 Å². The third-order valence-electron chi connectivity index (χ3n) is 5.27. The Morgan fingerprint density at radius 3 is 2.96 bits per heavy atom. The first kappa shape index (κ1) is 17.7. The maximum atomic E-state index is 12.8. The topological polar surface area (TPSA) is 82.4 Å². The van der Waals surface area contributed by atoms with E-state index in [0.717, 1.165) is 0 Å². The molecule has 27 heavy (non-hydrogen) atoms. The van der Waals surface area contributed by atoms with Crippen molar-refractivity contribution in [2.24, 2.45) is 11.8 Å². The summed E-state index contributed by atoms with van der Waals surface area (Å²) in [5, 5.41) is 15.7. The van der Waals surface area contributed by atoms with Gasteiger partial charge < -0.3 is 15.0 Å². The molecule has 7 heteroatoms. The molecule has 2 aliphatic heterocycles. The number of nitrogens with zero attached hydrogens (tertiary/aromatic N) is 2. The van der Waals surface area contributed by atoms with E-state index in [1.807, 2.05) is 10.8 Å². The summed E-state index contributed by atoms with van der Waals surface area (Å²) < 4.78 is 5.88. The van der Waals surface area contributed by atoms with Gasteiger partial charge >= 0.3 is 0 Å². The van der Waals surface area contributed by atoms with Crippen LogP contribution in [-0.4, -0.2) is 49.1 Å². The van der Waals surface area contributed by atoms with Gasteiger partial charge in [-0.2, -0.15) is 16.6 Å². The first-order valence-corrected chi connectivity index (χ1v) is 9.81. The molecule has 2 aromatic rings. The first-order valence-electron chi connectivity index (χ1n) is 8.87. The van der Waals surface area contributed by atoms with Crippen LogP contribution in [0.15, 0.2) is 41.1 Å². The molecule has 1 N–H and O–H groups in total. The highest BCUT2D eigenvalue weighted by Crippen LogP contribution is 2.34. The van der Waals surface area contributed by atoms with Crippen molar-refractivity contribution in [3.8, 4) is 6.07 Å². The lowest BCUT2D eigenvalue weighted by Gasteiger charge is -2.20. The zero-order valence-corrected chi connectivity index (χ0v) is 15.4. The number of likely N-dealkylation sites (tertiary alicyclic amines) is 1. The summed E-state index contributed by atoms with van der Waals surface area (Å²) in [7, 11) is 0. The van der Waals surface area contributed by atoms with Gasteiger partial charge in [-0.05, 0) is 29.6 Å². The van der Waals surface area contributed by atoms with Crippen LogP contribution in [-0.2, 0) is 4.74 Å². The Bertz CT molecular complexity index is 890. The molecular formula is C20H19N3O3S. The molecule has 4 rings (SSSR count). The molecule has 0 bridgehead atoms. The van der Waals surface area contributed by atoms with E-state index in [1.165, 1.54) is 11.3 Å². The van der Waals surface area contributed by atoms with E-state index >= 15 is 0 Å². The molecule has 0 aliphatic carbocycles. The number of fused-ring (bicyclic) bond motifs is 1. The van der Waals surface area contributed by atoms with Crippen molar-refractivity contribution in [1.29, 1.82) is 5.26 Å². The molecule has 2 aliphatic rings. The zero-order chi connectivity index (χ0) is 18.8. The first-order chi connectivity index (χ1) is 13.2. The van der Waals surface area contributed by atoms with Crippen LogP contribution in [0.25, 0.3) is 0 Å². The van der Waals surface area contributed by atoms with E-state index in [2.05, 4.69) is 11.4 Å². The number of thiophene rings is 1. The van der Waals surface area contributed by atoms with Gasteiger partial charge in [0.15, 0.2) is 0 Å². The van der Waals surface area contributed by atoms with Crippen LogP contribution in [0.1, 0.15) is 26.3 Å². The van der Waals surface area contributed by atoms with Crippen LogP contribution < -0.4 is 5.32 Å². The molecule has 138 valence electrons. The van der Waals surface area contributed by atoms with Gasteiger partial charge in [-0.15, -0.1) is 0 Å². The lowest BCUT2D eigenvalue weighted by molar-refractivity contribution is 0.0674. The van der Waals surface area contributed by atoms with Gasteiger partial charge in [-0.25, -0.2) is 0 Å². The number of nitriles is 1. The number of carbonyl (C=O) groups excluding carboxylic acids is 2. The van der Waals surface area contributed by atoms with Gasteiger partial charge in [0.25, 0.3) is 11.8 Å². The van der Waals surface area contributed by atoms with Crippen LogP contribution >= 0.6 is 11.3 Å². The summed E-state index contributed by atoms with van der Waals surface area (Å²) >= 11 is 1.50. The van der Waals surface area contributed by atoms with Crippen LogP contribution in [0.3, 0.4) is 0 Å². The van der Waals surface area contributed by atoms with E-state index in [4.69, 9.17) is 10.00 Å². The third kappa shape index (κ3) is 3.59. The predicted octanol–water partition coefficient (Wildman–Crippen LogP) is 2.14. The molecule has 3 heterocycles. The molecule has 0 radical (unpaired) electrons. The van der Waals surface area contributed by atoms with Crippen molar-refractivity contribution < 1.29 is 14.3 Å². The number of carbonyl (C=O) groups is 2. The minimum Gasteiger partial charge on any atom is -0.376 e. The average molecular weight is 381 g/mol. The van der Waals surface area contributed by atoms with E-state index in [0.29, 0.717) is 42.9 Å². The summed E-state index contributed by atoms with van der Waals surface area (Å²) in [5.41, 5.74) is 1.68. The number of nitrogens with one attached hydrogen (secondary N) is 1. The average Bonchev–Trinajstić information content (AvgIpc) is 3.43. The molecule has 1 aromatic heterocycles. The Hall–Kier alpha value is -2.69. The van der Waals surface area contributed by atoms with Crippen molar-refractivity contribution in [2.45, 2.75) is 6.10 Å². The van der Waals surface area contributed by atoms with Gasteiger partial charge in [0.05, 0.1) is 24.3 Å². The minimum absolute atomic E-state index is 0.0103. The number of hydrogen-bond acceptors (Lipinski definition) is 5. The quantitative estimate of drug-likeness (QED) is 0.880. The molecular weight excluding hydrogens is 362 g/mol. The van der Waals surface area contributed by atoms with E-state index in [1.54, 1.807) is 35.2 Å². The van der Waals surface area contributed by atoms with Gasteiger partial charge in [0.1, 0.15) is 0 Å². The summed E-state index contributed by atoms with van der Waals surface area (Å²) in [4.78, 5) is 26.7. The van der Waals surface area contributed by atoms with Gasteiger partial charge in [-0.1, -0.05) is 6.07 Å². The molecule has 2 fully saturated rings. The Balaban J connectivity index is 1.37. The molecule has 3 atom stereocenters. The fourth-order valence-corrected chi connectivity index (χ4v) is 4.43. The number of amides is 2. The zero-order valence-electron chi connectivity index (χ0n) is 14.6. The molecule has 2 amide bonds. The standard InChI is InChI=1S/C20H19N3O3S/c21-7-13-2-1-3-14(6-13)20(25)23-9-17-16(11-26-18(17)10-23)8-22-19(24)15-4-5-27-12-15/h1-6,12,16-18H,8-11H2,(H,22,24)/t16-,17+,18+/m0/s1. The SMILES string of the molecule is N#Cc1cccc(C(=O)N2C[C@@H]3[C@@H](CNC(=O)c4ccsc4)CO[C@@H]3C2)c1. The van der Waals surface area contributed by atoms with Crippen LogP contribution in [0.5, 0.6) is 0 Å². The maximum Gasteiger partial charge on any atom is 0.253 e. The fourth-order valence-electron chi connectivity index (χ4n) is 3.80. The van der Waals surface area contributed by atoms with Crippen molar-refractivity contribution in [3.63, 3.8) is 0 Å². The van der Waals surface area contributed by atoms with Crippen molar-refractivity contribution in [1.82, 2.24) is 10.2 Å². The van der Waals surface area contributed by atoms with E-state index in [-0.39, 0.29) is 29.8 Å².